The summed E-state index contributed by atoms with van der Waals surface area (Å²) in [5, 5.41) is 3.22. The van der Waals surface area contributed by atoms with Gasteiger partial charge in [0.1, 0.15) is 4.21 Å². The Morgan fingerprint density at radius 3 is 2.54 bits per heavy atom. The maximum Gasteiger partial charge on any atom is 0.263 e. The first-order chi connectivity index (χ1) is 11.0. The van der Waals surface area contributed by atoms with Gasteiger partial charge in [0.2, 0.25) is 9.84 Å². The quantitative estimate of drug-likeness (QED) is 0.876. The number of carbonyl (C=O) groups is 1. The highest BCUT2D eigenvalue weighted by Crippen LogP contribution is 2.28. The van der Waals surface area contributed by atoms with Crippen LogP contribution in [-0.4, -0.2) is 45.4 Å². The largest absolute Gasteiger partial charge is 0.337 e. The van der Waals surface area contributed by atoms with Crippen LogP contribution < -0.4 is 5.32 Å². The Labute approximate surface area is 152 Å². The lowest BCUT2D eigenvalue weighted by Crippen LogP contribution is -2.37. The molecule has 0 saturated carbocycles. The van der Waals surface area contributed by atoms with Crippen molar-refractivity contribution < 1.29 is 13.2 Å². The molecule has 2 heterocycles. The van der Waals surface area contributed by atoms with Gasteiger partial charge in [-0.25, -0.2) is 8.42 Å². The molecule has 1 fully saturated rings. The summed E-state index contributed by atoms with van der Waals surface area (Å²) in [7, 11) is -1.79. The number of rotatable bonds is 4. The highest BCUT2D eigenvalue weighted by atomic mass is 35.5. The third-order valence-electron chi connectivity index (χ3n) is 4.01. The molecule has 0 bridgehead atoms. The number of nitrogens with zero attached hydrogens (tertiary/aromatic N) is 1. The zero-order valence-electron chi connectivity index (χ0n) is 13.1. The number of carbonyl (C=O) groups excluding carboxylic acids is 1. The number of sulfone groups is 1. The van der Waals surface area contributed by atoms with E-state index in [1.165, 1.54) is 6.07 Å². The third-order valence-corrected chi connectivity index (χ3v) is 7.35. The summed E-state index contributed by atoms with van der Waals surface area (Å²) in [6.07, 6.45) is 0.919. The van der Waals surface area contributed by atoms with Gasteiger partial charge >= 0.3 is 0 Å². The van der Waals surface area contributed by atoms with Crippen LogP contribution in [0.4, 0.5) is 0 Å². The first-order valence-electron chi connectivity index (χ1n) is 7.38. The summed E-state index contributed by atoms with van der Waals surface area (Å²) in [6, 6.07) is 11.6. The van der Waals surface area contributed by atoms with Crippen LogP contribution in [0.5, 0.6) is 0 Å². The van der Waals surface area contributed by atoms with Gasteiger partial charge in [-0.05, 0) is 37.2 Å². The number of benzene rings is 1. The van der Waals surface area contributed by atoms with E-state index in [0.29, 0.717) is 4.88 Å². The molecule has 0 aliphatic carbocycles. The monoisotopic (exact) mass is 386 g/mol. The van der Waals surface area contributed by atoms with E-state index in [1.54, 1.807) is 48.3 Å². The van der Waals surface area contributed by atoms with Crippen molar-refractivity contribution in [3.05, 3.63) is 47.3 Å². The summed E-state index contributed by atoms with van der Waals surface area (Å²) in [4.78, 5) is 14.9. The second kappa shape index (κ2) is 7.65. The third kappa shape index (κ3) is 3.64. The predicted octanol–water partition coefficient (Wildman–Crippen LogP) is 2.44. The Kier molecular flexibility index (Phi) is 6.03. The van der Waals surface area contributed by atoms with E-state index in [1.807, 2.05) is 0 Å². The van der Waals surface area contributed by atoms with Gasteiger partial charge in [-0.1, -0.05) is 18.2 Å². The van der Waals surface area contributed by atoms with E-state index in [2.05, 4.69) is 5.32 Å². The fourth-order valence-electron chi connectivity index (χ4n) is 2.60. The molecule has 1 atom stereocenters. The van der Waals surface area contributed by atoms with Crippen molar-refractivity contribution in [3.63, 3.8) is 0 Å². The van der Waals surface area contributed by atoms with Gasteiger partial charge in [-0.2, -0.15) is 0 Å². The Bertz CT molecular complexity index is 800. The molecule has 1 amide bonds. The van der Waals surface area contributed by atoms with E-state index in [0.717, 1.165) is 30.8 Å². The summed E-state index contributed by atoms with van der Waals surface area (Å²) in [6.45, 7) is 1.68. The molecule has 2 aromatic rings. The minimum absolute atomic E-state index is 0. The molecule has 5 nitrogen and oxygen atoms in total. The van der Waals surface area contributed by atoms with E-state index < -0.39 is 9.84 Å². The molecule has 0 radical (unpaired) electrons. The molecular formula is C16H19ClN2O3S2. The molecule has 130 valence electrons. The molecule has 0 spiro atoms. The Morgan fingerprint density at radius 2 is 1.92 bits per heavy atom. The molecule has 8 heteroatoms. The molecule has 3 rings (SSSR count). The number of likely N-dealkylation sites (N-methyl/N-ethyl adjacent to an activating group) is 1. The van der Waals surface area contributed by atoms with Crippen LogP contribution >= 0.6 is 23.7 Å². The second-order valence-corrected chi connectivity index (χ2v) is 8.76. The van der Waals surface area contributed by atoms with Crippen molar-refractivity contribution in [2.45, 2.75) is 21.6 Å². The first kappa shape index (κ1) is 18.9. The van der Waals surface area contributed by atoms with Crippen molar-refractivity contribution in [3.8, 4) is 0 Å². The Balaban J connectivity index is 0.00000208. The minimum Gasteiger partial charge on any atom is -0.337 e. The van der Waals surface area contributed by atoms with Gasteiger partial charge in [0.05, 0.1) is 9.77 Å². The van der Waals surface area contributed by atoms with E-state index in [4.69, 9.17) is 0 Å². The smallest absolute Gasteiger partial charge is 0.263 e. The lowest BCUT2D eigenvalue weighted by atomic mass is 10.2. The summed E-state index contributed by atoms with van der Waals surface area (Å²) in [5.74, 6) is -0.127. The molecule has 1 aliphatic rings. The standard InChI is InChI=1S/C16H18N2O3S2.ClH/c1-18(12-9-10-17-11-12)16(19)14-7-8-15(22-14)23(20,21)13-5-3-2-4-6-13;/h2-8,12,17H,9-11H2,1H3;1H. The predicted molar refractivity (Wildman–Crippen MR) is 96.8 cm³/mol. The molecule has 1 saturated heterocycles. The van der Waals surface area contributed by atoms with Crippen molar-refractivity contribution in [2.24, 2.45) is 0 Å². The average molecular weight is 387 g/mol. The second-order valence-electron chi connectivity index (χ2n) is 5.50. The number of thiophene rings is 1. The van der Waals surface area contributed by atoms with E-state index >= 15 is 0 Å². The maximum absolute atomic E-state index is 12.6. The number of hydrogen-bond acceptors (Lipinski definition) is 5. The SMILES string of the molecule is CN(C(=O)c1ccc(S(=O)(=O)c2ccccc2)s1)C1CCNC1.Cl. The summed E-state index contributed by atoms with van der Waals surface area (Å²) >= 11 is 1.03. The number of nitrogens with one attached hydrogen (secondary N) is 1. The lowest BCUT2D eigenvalue weighted by Gasteiger charge is -2.22. The van der Waals surface area contributed by atoms with Gasteiger partial charge in [-0.3, -0.25) is 4.79 Å². The normalized spacial score (nSPS) is 17.3. The first-order valence-corrected chi connectivity index (χ1v) is 9.68. The molecule has 1 unspecified atom stereocenters. The lowest BCUT2D eigenvalue weighted by molar-refractivity contribution is 0.0748. The summed E-state index contributed by atoms with van der Waals surface area (Å²) in [5.41, 5.74) is 0. The van der Waals surface area contributed by atoms with Crippen molar-refractivity contribution >= 4 is 39.5 Å². The minimum atomic E-state index is -3.56. The van der Waals surface area contributed by atoms with E-state index in [9.17, 15) is 13.2 Å². The maximum atomic E-state index is 12.6. The molecule has 1 N–H and O–H groups in total. The van der Waals surface area contributed by atoms with Gasteiger partial charge in [0.15, 0.2) is 0 Å². The fraction of sp³-hybridized carbons (Fsp3) is 0.312. The van der Waals surface area contributed by atoms with Crippen LogP contribution in [0.2, 0.25) is 0 Å². The van der Waals surface area contributed by atoms with Crippen LogP contribution in [0.15, 0.2) is 51.6 Å². The van der Waals surface area contributed by atoms with Crippen LogP contribution in [0.25, 0.3) is 0 Å². The number of halogens is 1. The van der Waals surface area contributed by atoms with Crippen molar-refractivity contribution in [1.82, 2.24) is 10.2 Å². The zero-order chi connectivity index (χ0) is 16.4. The fourth-order valence-corrected chi connectivity index (χ4v) is 5.32. The number of hydrogen-bond donors (Lipinski definition) is 1. The van der Waals surface area contributed by atoms with Crippen LogP contribution in [-0.2, 0) is 9.84 Å². The molecule has 1 aliphatic heterocycles. The summed E-state index contributed by atoms with van der Waals surface area (Å²) < 4.78 is 25.3. The van der Waals surface area contributed by atoms with Crippen molar-refractivity contribution in [1.29, 1.82) is 0 Å². The van der Waals surface area contributed by atoms with Crippen LogP contribution in [0, 0.1) is 0 Å². The van der Waals surface area contributed by atoms with Gasteiger partial charge in [0, 0.05) is 19.6 Å². The van der Waals surface area contributed by atoms with Gasteiger partial charge in [0.25, 0.3) is 5.91 Å². The molecule has 1 aromatic heterocycles. The van der Waals surface area contributed by atoms with Crippen LogP contribution in [0.3, 0.4) is 0 Å². The van der Waals surface area contributed by atoms with E-state index in [-0.39, 0.29) is 33.5 Å². The molecular weight excluding hydrogens is 368 g/mol. The molecule has 24 heavy (non-hydrogen) atoms. The topological polar surface area (TPSA) is 66.5 Å². The van der Waals surface area contributed by atoms with Crippen molar-refractivity contribution in [2.75, 3.05) is 20.1 Å². The molecule has 1 aromatic carbocycles. The highest BCUT2D eigenvalue weighted by molar-refractivity contribution is 7.93. The Hall–Kier alpha value is -1.41. The highest BCUT2D eigenvalue weighted by Gasteiger charge is 2.27. The Morgan fingerprint density at radius 1 is 1.21 bits per heavy atom. The average Bonchev–Trinajstić information content (AvgIpc) is 3.26. The van der Waals surface area contributed by atoms with Gasteiger partial charge in [-0.15, -0.1) is 23.7 Å². The number of amides is 1. The zero-order valence-corrected chi connectivity index (χ0v) is 15.6. The van der Waals surface area contributed by atoms with Crippen LogP contribution in [0.1, 0.15) is 16.1 Å². The van der Waals surface area contributed by atoms with Gasteiger partial charge < -0.3 is 10.2 Å².